The van der Waals surface area contributed by atoms with Crippen LogP contribution in [0.2, 0.25) is 0 Å². The zero-order chi connectivity index (χ0) is 23.3. The summed E-state index contributed by atoms with van der Waals surface area (Å²) in [5.41, 5.74) is 0.902. The van der Waals surface area contributed by atoms with Crippen LogP contribution in [0.5, 0.6) is 0 Å². The lowest BCUT2D eigenvalue weighted by Crippen LogP contribution is -2.43. The van der Waals surface area contributed by atoms with Crippen molar-refractivity contribution in [3.05, 3.63) is 41.4 Å². The third kappa shape index (κ3) is 5.97. The Bertz CT molecular complexity index is 1050. The van der Waals surface area contributed by atoms with Crippen molar-refractivity contribution in [3.63, 3.8) is 0 Å². The number of hydrogen-bond acceptors (Lipinski definition) is 7. The zero-order valence-electron chi connectivity index (χ0n) is 18.3. The summed E-state index contributed by atoms with van der Waals surface area (Å²) in [6.07, 6.45) is 4.01. The lowest BCUT2D eigenvalue weighted by molar-refractivity contribution is -0.134. The van der Waals surface area contributed by atoms with E-state index < -0.39 is 10.0 Å². The normalized spacial score (nSPS) is 19.9. The van der Waals surface area contributed by atoms with Crippen LogP contribution in [0.1, 0.15) is 24.8 Å². The average Bonchev–Trinajstić information content (AvgIpc) is 3.36. The molecular weight excluding hydrogens is 464 g/mol. The first kappa shape index (κ1) is 23.8. The largest absolute Gasteiger partial charge is 0.379 e. The van der Waals surface area contributed by atoms with Crippen LogP contribution in [0, 0.1) is 5.92 Å². The molecule has 0 spiro atoms. The minimum atomic E-state index is -3.52. The Balaban J connectivity index is 1.28. The number of carbonyl (C=O) groups is 2. The fourth-order valence-electron chi connectivity index (χ4n) is 4.08. The number of anilines is 1. The van der Waals surface area contributed by atoms with Crippen molar-refractivity contribution in [2.75, 3.05) is 44.7 Å². The number of rotatable bonds is 7. The minimum Gasteiger partial charge on any atom is -0.379 e. The van der Waals surface area contributed by atoms with Gasteiger partial charge in [0.2, 0.25) is 21.8 Å². The van der Waals surface area contributed by atoms with Gasteiger partial charge >= 0.3 is 0 Å². The number of hydrogen-bond donors (Lipinski definition) is 1. The summed E-state index contributed by atoms with van der Waals surface area (Å²) in [5, 5.41) is 5.20. The standard InChI is InChI=1S/C22H28N4O5S2/c27-20(25-10-1-2-18(16-25)21(28)24-22-23-9-15-32-22)8-5-17-3-6-19(7-4-17)33(29,30)26-11-13-31-14-12-26/h3-4,6-7,9,15,18H,1-2,5,8,10-14,16H2,(H,23,24,28). The molecule has 1 aromatic carbocycles. The van der Waals surface area contributed by atoms with Crippen molar-refractivity contribution in [1.29, 1.82) is 0 Å². The fraction of sp³-hybridized carbons (Fsp3) is 0.500. The number of amides is 2. The smallest absolute Gasteiger partial charge is 0.243 e. The number of thiazole rings is 1. The Labute approximate surface area is 197 Å². The number of piperidine rings is 1. The first-order valence-electron chi connectivity index (χ1n) is 11.1. The number of aromatic nitrogens is 1. The van der Waals surface area contributed by atoms with Gasteiger partial charge in [-0.15, -0.1) is 11.3 Å². The number of likely N-dealkylation sites (tertiary alicyclic amines) is 1. The second-order valence-corrected chi connectivity index (χ2v) is 11.0. The molecule has 2 aliphatic rings. The molecule has 2 amide bonds. The lowest BCUT2D eigenvalue weighted by Gasteiger charge is -2.32. The van der Waals surface area contributed by atoms with Gasteiger partial charge < -0.3 is 15.0 Å². The van der Waals surface area contributed by atoms with Gasteiger partial charge in [-0.2, -0.15) is 4.31 Å². The Morgan fingerprint density at radius 1 is 1.15 bits per heavy atom. The van der Waals surface area contributed by atoms with Crippen LogP contribution in [0.4, 0.5) is 5.13 Å². The van der Waals surface area contributed by atoms with Crippen LogP contribution in [0.3, 0.4) is 0 Å². The van der Waals surface area contributed by atoms with Crippen LogP contribution in [0.15, 0.2) is 40.7 Å². The van der Waals surface area contributed by atoms with Crippen LogP contribution < -0.4 is 5.32 Å². The van der Waals surface area contributed by atoms with E-state index in [4.69, 9.17) is 4.74 Å². The fourth-order valence-corrected chi connectivity index (χ4v) is 6.02. The van der Waals surface area contributed by atoms with Gasteiger partial charge in [-0.1, -0.05) is 12.1 Å². The number of aryl methyl sites for hydroxylation is 1. The molecular formula is C22H28N4O5S2. The van der Waals surface area contributed by atoms with Crippen molar-refractivity contribution in [2.24, 2.45) is 5.92 Å². The van der Waals surface area contributed by atoms with E-state index in [0.29, 0.717) is 57.4 Å². The molecule has 1 N–H and O–H groups in total. The van der Waals surface area contributed by atoms with E-state index in [1.807, 2.05) is 0 Å². The van der Waals surface area contributed by atoms with Gasteiger partial charge in [-0.05, 0) is 37.0 Å². The van der Waals surface area contributed by atoms with E-state index in [-0.39, 0.29) is 22.6 Å². The predicted molar refractivity (Wildman–Crippen MR) is 124 cm³/mol. The summed E-state index contributed by atoms with van der Waals surface area (Å²) >= 11 is 1.37. The summed E-state index contributed by atoms with van der Waals surface area (Å²) in [6, 6.07) is 6.73. The van der Waals surface area contributed by atoms with Crippen molar-refractivity contribution in [1.82, 2.24) is 14.2 Å². The molecule has 0 bridgehead atoms. The van der Waals surface area contributed by atoms with Gasteiger partial charge in [-0.25, -0.2) is 13.4 Å². The molecule has 11 heteroatoms. The van der Waals surface area contributed by atoms with Crippen molar-refractivity contribution in [2.45, 2.75) is 30.6 Å². The number of sulfonamides is 1. The van der Waals surface area contributed by atoms with Crippen LogP contribution >= 0.6 is 11.3 Å². The maximum atomic E-state index is 12.8. The summed E-state index contributed by atoms with van der Waals surface area (Å²) in [4.78, 5) is 31.3. The average molecular weight is 493 g/mol. The Hall–Kier alpha value is -2.34. The van der Waals surface area contributed by atoms with Crippen LogP contribution in [-0.2, 0) is 30.8 Å². The topological polar surface area (TPSA) is 109 Å². The molecule has 0 saturated carbocycles. The number of benzene rings is 1. The van der Waals surface area contributed by atoms with Crippen molar-refractivity contribution < 1.29 is 22.7 Å². The summed E-state index contributed by atoms with van der Waals surface area (Å²) in [7, 11) is -3.52. The second kappa shape index (κ2) is 10.7. The lowest BCUT2D eigenvalue weighted by atomic mass is 9.96. The van der Waals surface area contributed by atoms with Crippen LogP contribution in [0.25, 0.3) is 0 Å². The molecule has 4 rings (SSSR count). The number of ether oxygens (including phenoxy) is 1. The molecule has 2 aromatic rings. The first-order valence-corrected chi connectivity index (χ1v) is 13.4. The molecule has 178 valence electrons. The van der Waals surface area contributed by atoms with E-state index >= 15 is 0 Å². The Morgan fingerprint density at radius 2 is 1.91 bits per heavy atom. The number of nitrogens with zero attached hydrogens (tertiary/aromatic N) is 3. The van der Waals surface area contributed by atoms with Gasteiger partial charge in [0.25, 0.3) is 0 Å². The van der Waals surface area contributed by atoms with Gasteiger partial charge in [0.15, 0.2) is 5.13 Å². The number of morpholine rings is 1. The van der Waals surface area contributed by atoms with E-state index in [2.05, 4.69) is 10.3 Å². The highest BCUT2D eigenvalue weighted by Gasteiger charge is 2.29. The zero-order valence-corrected chi connectivity index (χ0v) is 19.9. The van der Waals surface area contributed by atoms with Crippen molar-refractivity contribution in [3.8, 4) is 0 Å². The molecule has 2 aliphatic heterocycles. The molecule has 1 unspecified atom stereocenters. The van der Waals surface area contributed by atoms with E-state index in [9.17, 15) is 18.0 Å². The number of carbonyl (C=O) groups excluding carboxylic acids is 2. The highest BCUT2D eigenvalue weighted by atomic mass is 32.2. The van der Waals surface area contributed by atoms with Gasteiger partial charge in [0.05, 0.1) is 24.0 Å². The third-order valence-corrected chi connectivity index (χ3v) is 8.57. The van der Waals surface area contributed by atoms with Crippen LogP contribution in [-0.4, -0.2) is 73.8 Å². The molecule has 3 heterocycles. The molecule has 1 aromatic heterocycles. The first-order chi connectivity index (χ1) is 15.9. The van der Waals surface area contributed by atoms with E-state index in [0.717, 1.165) is 18.4 Å². The Kier molecular flexibility index (Phi) is 7.74. The molecule has 2 saturated heterocycles. The molecule has 9 nitrogen and oxygen atoms in total. The molecule has 33 heavy (non-hydrogen) atoms. The SMILES string of the molecule is O=C(Nc1nccs1)C1CCCN(C(=O)CCc2ccc(S(=O)(=O)N3CCOCC3)cc2)C1. The molecule has 0 aliphatic carbocycles. The highest BCUT2D eigenvalue weighted by molar-refractivity contribution is 7.89. The third-order valence-electron chi connectivity index (χ3n) is 5.97. The quantitative estimate of drug-likeness (QED) is 0.633. The molecule has 1 atom stereocenters. The minimum absolute atomic E-state index is 0.00626. The van der Waals surface area contributed by atoms with E-state index in [1.54, 1.807) is 40.7 Å². The summed E-state index contributed by atoms with van der Waals surface area (Å²) < 4.78 is 32.1. The molecule has 2 fully saturated rings. The molecule has 0 radical (unpaired) electrons. The predicted octanol–water partition coefficient (Wildman–Crippen LogP) is 1.97. The van der Waals surface area contributed by atoms with Crippen molar-refractivity contribution >= 4 is 38.3 Å². The number of nitrogens with one attached hydrogen (secondary N) is 1. The summed E-state index contributed by atoms with van der Waals surface area (Å²) in [5.74, 6) is -0.331. The van der Waals surface area contributed by atoms with Gasteiger partial charge in [0, 0.05) is 44.2 Å². The maximum Gasteiger partial charge on any atom is 0.243 e. The summed E-state index contributed by atoms with van der Waals surface area (Å²) in [6.45, 7) is 2.59. The monoisotopic (exact) mass is 492 g/mol. The van der Waals surface area contributed by atoms with E-state index in [1.165, 1.54) is 15.6 Å². The second-order valence-electron chi connectivity index (χ2n) is 8.17. The van der Waals surface area contributed by atoms with Gasteiger partial charge in [0.1, 0.15) is 0 Å². The van der Waals surface area contributed by atoms with Gasteiger partial charge in [-0.3, -0.25) is 9.59 Å². The highest BCUT2D eigenvalue weighted by Crippen LogP contribution is 2.22. The maximum absolute atomic E-state index is 12.8. The Morgan fingerprint density at radius 3 is 2.61 bits per heavy atom.